The number of carbonyl (C=O) groups excluding carboxylic acids is 1. The first kappa shape index (κ1) is 19.2. The van der Waals surface area contributed by atoms with Crippen LogP contribution in [0.2, 0.25) is 0 Å². The Hall–Kier alpha value is -0.845. The lowest BCUT2D eigenvalue weighted by atomic mass is 9.90. The standard InChI is InChI=1S/C16H30BNO4/c1-13(12-14(19)20-7)18(6)11-9-8-10-17-21-15(2,3)16(4,5)22-17/h8,10,13H,9,11-12H2,1-7H3/b10-8+/t13-/m1/s1. The van der Waals surface area contributed by atoms with Crippen molar-refractivity contribution in [3.8, 4) is 0 Å². The molecule has 0 bridgehead atoms. The van der Waals surface area contributed by atoms with Crippen LogP contribution in [-0.2, 0) is 18.8 Å². The Morgan fingerprint density at radius 1 is 1.27 bits per heavy atom. The largest absolute Gasteiger partial charge is 0.486 e. The van der Waals surface area contributed by atoms with Crippen LogP contribution in [0.4, 0.5) is 0 Å². The molecule has 0 aromatic heterocycles. The molecule has 1 aliphatic rings. The average Bonchev–Trinajstić information content (AvgIpc) is 2.62. The van der Waals surface area contributed by atoms with Crippen LogP contribution in [0.3, 0.4) is 0 Å². The molecule has 0 aromatic rings. The van der Waals surface area contributed by atoms with Crippen molar-refractivity contribution in [2.75, 3.05) is 20.7 Å². The molecule has 22 heavy (non-hydrogen) atoms. The van der Waals surface area contributed by atoms with Gasteiger partial charge < -0.3 is 18.9 Å². The number of rotatable bonds is 7. The molecule has 1 heterocycles. The summed E-state index contributed by atoms with van der Waals surface area (Å²) in [4.78, 5) is 13.4. The predicted octanol–water partition coefficient (Wildman–Crippen LogP) is 2.45. The fourth-order valence-electron chi connectivity index (χ4n) is 2.15. The van der Waals surface area contributed by atoms with E-state index >= 15 is 0 Å². The Bertz CT molecular complexity index is 393. The Balaban J connectivity index is 2.34. The number of hydrogen-bond donors (Lipinski definition) is 0. The molecule has 6 heteroatoms. The first-order chi connectivity index (χ1) is 10.1. The van der Waals surface area contributed by atoms with Crippen LogP contribution in [0.25, 0.3) is 0 Å². The smallest absolute Gasteiger partial charge is 0.469 e. The van der Waals surface area contributed by atoms with Crippen molar-refractivity contribution in [2.45, 2.75) is 64.7 Å². The molecule has 0 aliphatic carbocycles. The van der Waals surface area contributed by atoms with Crippen LogP contribution in [-0.4, -0.2) is 55.9 Å². The van der Waals surface area contributed by atoms with E-state index in [2.05, 4.69) is 11.0 Å². The molecule has 0 amide bonds. The van der Waals surface area contributed by atoms with Crippen LogP contribution >= 0.6 is 0 Å². The van der Waals surface area contributed by atoms with Crippen LogP contribution in [0.5, 0.6) is 0 Å². The minimum Gasteiger partial charge on any atom is -0.469 e. The fourth-order valence-corrected chi connectivity index (χ4v) is 2.15. The van der Waals surface area contributed by atoms with Crippen molar-refractivity contribution in [3.05, 3.63) is 12.1 Å². The molecular formula is C16H30BNO4. The maximum atomic E-state index is 11.3. The van der Waals surface area contributed by atoms with Gasteiger partial charge in [0, 0.05) is 12.6 Å². The molecule has 0 aromatic carbocycles. The Morgan fingerprint density at radius 3 is 2.32 bits per heavy atom. The lowest BCUT2D eigenvalue weighted by molar-refractivity contribution is -0.141. The van der Waals surface area contributed by atoms with Gasteiger partial charge >= 0.3 is 13.1 Å². The summed E-state index contributed by atoms with van der Waals surface area (Å²) in [7, 11) is 3.14. The van der Waals surface area contributed by atoms with E-state index in [-0.39, 0.29) is 30.3 Å². The van der Waals surface area contributed by atoms with Crippen molar-refractivity contribution in [1.29, 1.82) is 0 Å². The molecule has 0 spiro atoms. The summed E-state index contributed by atoms with van der Waals surface area (Å²) < 4.78 is 16.5. The van der Waals surface area contributed by atoms with E-state index in [9.17, 15) is 4.79 Å². The summed E-state index contributed by atoms with van der Waals surface area (Å²) >= 11 is 0. The van der Waals surface area contributed by atoms with Gasteiger partial charge in [0.15, 0.2) is 0 Å². The highest BCUT2D eigenvalue weighted by Crippen LogP contribution is 2.36. The van der Waals surface area contributed by atoms with E-state index in [0.29, 0.717) is 6.42 Å². The van der Waals surface area contributed by atoms with Gasteiger partial charge in [-0.05, 0) is 48.1 Å². The maximum Gasteiger partial charge on any atom is 0.486 e. The third-order valence-electron chi connectivity index (χ3n) is 4.66. The molecular weight excluding hydrogens is 281 g/mol. The first-order valence-electron chi connectivity index (χ1n) is 7.88. The maximum absolute atomic E-state index is 11.3. The minimum atomic E-state index is -0.298. The third kappa shape index (κ3) is 5.11. The summed E-state index contributed by atoms with van der Waals surface area (Å²) in [6.07, 6.45) is 3.36. The van der Waals surface area contributed by atoms with E-state index in [1.54, 1.807) is 0 Å². The Morgan fingerprint density at radius 2 is 1.82 bits per heavy atom. The van der Waals surface area contributed by atoms with Gasteiger partial charge in [-0.1, -0.05) is 12.1 Å². The highest BCUT2D eigenvalue weighted by atomic mass is 16.7. The quantitative estimate of drug-likeness (QED) is 0.534. The van der Waals surface area contributed by atoms with Crippen LogP contribution in [0.1, 0.15) is 47.5 Å². The van der Waals surface area contributed by atoms with Crippen molar-refractivity contribution in [2.24, 2.45) is 0 Å². The molecule has 1 rings (SSSR count). The molecule has 0 radical (unpaired) electrons. The second-order valence-corrected chi connectivity index (χ2v) is 6.95. The minimum absolute atomic E-state index is 0.165. The third-order valence-corrected chi connectivity index (χ3v) is 4.66. The first-order valence-corrected chi connectivity index (χ1v) is 7.88. The lowest BCUT2D eigenvalue weighted by Crippen LogP contribution is -2.41. The summed E-state index contributed by atoms with van der Waals surface area (Å²) in [5.41, 5.74) is -0.596. The molecule has 0 saturated carbocycles. The van der Waals surface area contributed by atoms with Crippen LogP contribution in [0, 0.1) is 0 Å². The average molecular weight is 311 g/mol. The number of nitrogens with zero attached hydrogens (tertiary/aromatic N) is 1. The topological polar surface area (TPSA) is 48.0 Å². The monoisotopic (exact) mass is 311 g/mol. The molecule has 1 saturated heterocycles. The zero-order chi connectivity index (χ0) is 17.0. The number of carbonyl (C=O) groups is 1. The summed E-state index contributed by atoms with van der Waals surface area (Å²) in [5, 5.41) is 0. The number of hydrogen-bond acceptors (Lipinski definition) is 5. The number of esters is 1. The summed E-state index contributed by atoms with van der Waals surface area (Å²) in [6.45, 7) is 11.1. The van der Waals surface area contributed by atoms with Gasteiger partial charge in [0.2, 0.25) is 0 Å². The molecule has 0 unspecified atom stereocenters. The summed E-state index contributed by atoms with van der Waals surface area (Å²) in [6, 6.07) is 0.165. The highest BCUT2D eigenvalue weighted by Gasteiger charge is 2.49. The summed E-state index contributed by atoms with van der Waals surface area (Å²) in [5.74, 6) is 1.79. The van der Waals surface area contributed by atoms with Crippen LogP contribution < -0.4 is 0 Å². The van der Waals surface area contributed by atoms with Crippen molar-refractivity contribution >= 4 is 13.1 Å². The van der Waals surface area contributed by atoms with Crippen molar-refractivity contribution < 1.29 is 18.8 Å². The predicted molar refractivity (Wildman–Crippen MR) is 88.6 cm³/mol. The van der Waals surface area contributed by atoms with Gasteiger partial charge in [0.05, 0.1) is 24.7 Å². The zero-order valence-corrected chi connectivity index (χ0v) is 15.0. The second kappa shape index (κ2) is 7.62. The molecule has 0 N–H and O–H groups in total. The van der Waals surface area contributed by atoms with Crippen LogP contribution in [0.15, 0.2) is 12.1 Å². The van der Waals surface area contributed by atoms with E-state index in [4.69, 9.17) is 14.0 Å². The Kier molecular flexibility index (Phi) is 6.65. The SMILES string of the molecule is COC(=O)C[C@@H](C)N(C)CC/C=C/B1OC(C)(C)C(C)(C)O1. The molecule has 5 nitrogen and oxygen atoms in total. The van der Waals surface area contributed by atoms with Crippen molar-refractivity contribution in [1.82, 2.24) is 4.90 Å². The van der Waals surface area contributed by atoms with Gasteiger partial charge in [-0.15, -0.1) is 0 Å². The zero-order valence-electron chi connectivity index (χ0n) is 15.0. The van der Waals surface area contributed by atoms with Crippen molar-refractivity contribution in [3.63, 3.8) is 0 Å². The normalized spacial score (nSPS) is 21.5. The lowest BCUT2D eigenvalue weighted by Gasteiger charge is -2.32. The van der Waals surface area contributed by atoms with Gasteiger partial charge in [0.1, 0.15) is 0 Å². The van der Waals surface area contributed by atoms with Gasteiger partial charge in [-0.2, -0.15) is 0 Å². The molecule has 1 aliphatic heterocycles. The Labute approximate surface area is 135 Å². The number of ether oxygens (including phenoxy) is 1. The second-order valence-electron chi connectivity index (χ2n) is 6.95. The molecule has 126 valence electrons. The molecule has 1 atom stereocenters. The highest BCUT2D eigenvalue weighted by molar-refractivity contribution is 6.51. The van der Waals surface area contributed by atoms with E-state index in [1.807, 2.05) is 47.6 Å². The van der Waals surface area contributed by atoms with Gasteiger partial charge in [-0.3, -0.25) is 4.79 Å². The van der Waals surface area contributed by atoms with E-state index < -0.39 is 0 Å². The molecule has 1 fully saturated rings. The fraction of sp³-hybridized carbons (Fsp3) is 0.812. The number of methoxy groups -OCH3 is 1. The van der Waals surface area contributed by atoms with E-state index in [0.717, 1.165) is 13.0 Å². The van der Waals surface area contributed by atoms with Gasteiger partial charge in [0.25, 0.3) is 0 Å². The van der Waals surface area contributed by atoms with E-state index in [1.165, 1.54) is 7.11 Å². The van der Waals surface area contributed by atoms with Gasteiger partial charge in [-0.25, -0.2) is 0 Å².